The third-order valence-corrected chi connectivity index (χ3v) is 6.59. The van der Waals surface area contributed by atoms with Crippen LogP contribution in [0.1, 0.15) is 36.0 Å². The van der Waals surface area contributed by atoms with E-state index < -0.39 is 17.3 Å². The van der Waals surface area contributed by atoms with Crippen LogP contribution in [0.2, 0.25) is 0 Å². The Labute approximate surface area is 190 Å². The highest BCUT2D eigenvalue weighted by molar-refractivity contribution is 6.10. The van der Waals surface area contributed by atoms with Crippen LogP contribution < -0.4 is 5.32 Å². The standard InChI is InChI=1S/C25H24F2N4O2/c1-31-8-6-17(7-9-31)29-23-18-10-15(16-11-20(26)24(30-33)21(27)12-16)4-5-22(18)28-13-19(23)25(32)14-2-3-14/h4-5,10-14,17H,2-3,6-9H2,1H3,(H,28,29). The number of carbonyl (C=O) groups excluding carboxylic acids is 1. The molecule has 1 aliphatic carbocycles. The topological polar surface area (TPSA) is 74.7 Å². The second-order valence-corrected chi connectivity index (χ2v) is 9.02. The number of hydrogen-bond donors (Lipinski definition) is 1. The number of benzene rings is 2. The number of fused-ring (bicyclic) bond motifs is 1. The number of ketones is 1. The second-order valence-electron chi connectivity index (χ2n) is 9.02. The van der Waals surface area contributed by atoms with Gasteiger partial charge in [-0.05, 0) is 86.4 Å². The molecule has 0 unspecified atom stereocenters. The number of likely N-dealkylation sites (tertiary alicyclic amines) is 1. The van der Waals surface area contributed by atoms with E-state index in [4.69, 9.17) is 0 Å². The molecule has 2 aromatic carbocycles. The Morgan fingerprint density at radius 1 is 1.06 bits per heavy atom. The lowest BCUT2D eigenvalue weighted by molar-refractivity contribution is 0.0968. The summed E-state index contributed by atoms with van der Waals surface area (Å²) < 4.78 is 28.4. The summed E-state index contributed by atoms with van der Waals surface area (Å²) in [5.41, 5.74) is 2.00. The first-order chi connectivity index (χ1) is 15.9. The molecule has 0 radical (unpaired) electrons. The van der Waals surface area contributed by atoms with Crippen LogP contribution in [-0.2, 0) is 0 Å². The van der Waals surface area contributed by atoms with Crippen LogP contribution >= 0.6 is 0 Å². The van der Waals surface area contributed by atoms with Crippen molar-refractivity contribution in [3.05, 3.63) is 58.6 Å². The molecule has 1 aromatic heterocycles. The summed E-state index contributed by atoms with van der Waals surface area (Å²) in [5.74, 6) is -1.90. The number of anilines is 1. The Morgan fingerprint density at radius 2 is 1.76 bits per heavy atom. The molecule has 33 heavy (non-hydrogen) atoms. The van der Waals surface area contributed by atoms with E-state index in [2.05, 4.69) is 27.4 Å². The minimum Gasteiger partial charge on any atom is -0.381 e. The van der Waals surface area contributed by atoms with Crippen molar-refractivity contribution in [3.8, 4) is 11.1 Å². The monoisotopic (exact) mass is 450 g/mol. The highest BCUT2D eigenvalue weighted by Crippen LogP contribution is 2.38. The summed E-state index contributed by atoms with van der Waals surface area (Å²) >= 11 is 0. The third-order valence-electron chi connectivity index (χ3n) is 6.59. The maximum Gasteiger partial charge on any atom is 0.179 e. The van der Waals surface area contributed by atoms with Gasteiger partial charge >= 0.3 is 0 Å². The lowest BCUT2D eigenvalue weighted by atomic mass is 9.97. The van der Waals surface area contributed by atoms with Gasteiger partial charge in [0.2, 0.25) is 0 Å². The highest BCUT2D eigenvalue weighted by Gasteiger charge is 2.33. The molecule has 2 heterocycles. The van der Waals surface area contributed by atoms with Crippen LogP contribution in [0.5, 0.6) is 0 Å². The fraction of sp³-hybridized carbons (Fsp3) is 0.360. The number of piperidine rings is 1. The zero-order valence-corrected chi connectivity index (χ0v) is 18.3. The Bertz CT molecular complexity index is 1230. The fourth-order valence-corrected chi connectivity index (χ4v) is 4.46. The number of aromatic nitrogens is 1. The van der Waals surface area contributed by atoms with E-state index in [0.29, 0.717) is 16.6 Å². The summed E-state index contributed by atoms with van der Waals surface area (Å²) in [7, 11) is 2.09. The van der Waals surface area contributed by atoms with E-state index in [0.717, 1.165) is 62.0 Å². The van der Waals surface area contributed by atoms with Crippen molar-refractivity contribution in [1.82, 2.24) is 9.88 Å². The van der Waals surface area contributed by atoms with Crippen molar-refractivity contribution in [2.24, 2.45) is 11.1 Å². The van der Waals surface area contributed by atoms with Crippen molar-refractivity contribution < 1.29 is 13.6 Å². The molecule has 0 atom stereocenters. The smallest absolute Gasteiger partial charge is 0.179 e. The second kappa shape index (κ2) is 8.59. The number of carbonyl (C=O) groups is 1. The van der Waals surface area contributed by atoms with Gasteiger partial charge in [0.05, 0.1) is 16.8 Å². The van der Waals surface area contributed by atoms with Gasteiger partial charge in [0, 0.05) is 23.5 Å². The Balaban J connectivity index is 1.61. The average Bonchev–Trinajstić information content (AvgIpc) is 3.65. The summed E-state index contributed by atoms with van der Waals surface area (Å²) in [5, 5.41) is 6.77. The molecule has 5 rings (SSSR count). The molecule has 2 fully saturated rings. The predicted octanol–water partition coefficient (Wildman–Crippen LogP) is 5.68. The molecule has 1 saturated heterocycles. The molecule has 3 aromatic rings. The Kier molecular flexibility index (Phi) is 5.62. The van der Waals surface area contributed by atoms with E-state index in [1.165, 1.54) is 0 Å². The first-order valence-electron chi connectivity index (χ1n) is 11.2. The first kappa shape index (κ1) is 21.6. The molecule has 1 aliphatic heterocycles. The van der Waals surface area contributed by atoms with Crippen molar-refractivity contribution in [1.29, 1.82) is 0 Å². The summed E-state index contributed by atoms with van der Waals surface area (Å²) in [6.45, 7) is 1.93. The van der Waals surface area contributed by atoms with E-state index in [9.17, 15) is 18.5 Å². The van der Waals surface area contributed by atoms with E-state index >= 15 is 0 Å². The van der Waals surface area contributed by atoms with Crippen LogP contribution in [0.4, 0.5) is 20.2 Å². The molecule has 170 valence electrons. The normalized spacial score (nSPS) is 17.3. The largest absolute Gasteiger partial charge is 0.381 e. The molecular weight excluding hydrogens is 426 g/mol. The Morgan fingerprint density at radius 3 is 2.39 bits per heavy atom. The third kappa shape index (κ3) is 4.23. The van der Waals surface area contributed by atoms with Gasteiger partial charge in [-0.15, -0.1) is 4.91 Å². The van der Waals surface area contributed by atoms with Gasteiger partial charge in [0.1, 0.15) is 0 Å². The van der Waals surface area contributed by atoms with E-state index in [-0.39, 0.29) is 23.3 Å². The maximum absolute atomic E-state index is 14.2. The number of hydrogen-bond acceptors (Lipinski definition) is 6. The van der Waals surface area contributed by atoms with E-state index in [1.807, 2.05) is 0 Å². The van der Waals surface area contributed by atoms with Gasteiger partial charge in [0.15, 0.2) is 23.1 Å². The first-order valence-corrected chi connectivity index (χ1v) is 11.2. The molecule has 0 amide bonds. The number of nitroso groups, excluding NO2 is 1. The molecule has 1 saturated carbocycles. The Hall–Kier alpha value is -3.26. The van der Waals surface area contributed by atoms with Crippen molar-refractivity contribution in [3.63, 3.8) is 0 Å². The predicted molar refractivity (Wildman–Crippen MR) is 124 cm³/mol. The number of pyridine rings is 1. The van der Waals surface area contributed by atoms with Gasteiger partial charge in [-0.3, -0.25) is 9.78 Å². The van der Waals surface area contributed by atoms with Crippen molar-refractivity contribution in [2.75, 3.05) is 25.5 Å². The minimum atomic E-state index is -1.01. The lowest BCUT2D eigenvalue weighted by Gasteiger charge is -2.31. The molecule has 8 heteroatoms. The number of nitrogens with one attached hydrogen (secondary N) is 1. The van der Waals surface area contributed by atoms with Gasteiger partial charge < -0.3 is 10.2 Å². The lowest BCUT2D eigenvalue weighted by Crippen LogP contribution is -2.37. The molecule has 6 nitrogen and oxygen atoms in total. The summed E-state index contributed by atoms with van der Waals surface area (Å²) in [6.07, 6.45) is 5.33. The average molecular weight is 450 g/mol. The number of Topliss-reactive ketones (excluding diaryl/α,β-unsaturated/α-hetero) is 1. The van der Waals surface area contributed by atoms with Gasteiger partial charge in [-0.1, -0.05) is 6.07 Å². The van der Waals surface area contributed by atoms with Gasteiger partial charge in [-0.2, -0.15) is 0 Å². The minimum absolute atomic E-state index is 0.0389. The van der Waals surface area contributed by atoms with E-state index in [1.54, 1.807) is 24.4 Å². The van der Waals surface area contributed by atoms with Crippen molar-refractivity contribution >= 4 is 28.1 Å². The van der Waals surface area contributed by atoms with Crippen LogP contribution in [0, 0.1) is 22.5 Å². The van der Waals surface area contributed by atoms with Gasteiger partial charge in [0.25, 0.3) is 0 Å². The maximum atomic E-state index is 14.2. The molecular formula is C25H24F2N4O2. The zero-order chi connectivity index (χ0) is 23.1. The number of rotatable bonds is 6. The molecule has 2 aliphatic rings. The van der Waals surface area contributed by atoms with Crippen LogP contribution in [0.3, 0.4) is 0 Å². The molecule has 0 spiro atoms. The summed E-state index contributed by atoms with van der Waals surface area (Å²) in [6, 6.07) is 7.70. The number of nitrogens with zero attached hydrogens (tertiary/aromatic N) is 3. The molecule has 1 N–H and O–H groups in total. The fourth-order valence-electron chi connectivity index (χ4n) is 4.46. The number of halogens is 2. The highest BCUT2D eigenvalue weighted by atomic mass is 19.1. The van der Waals surface area contributed by atoms with Gasteiger partial charge in [-0.25, -0.2) is 8.78 Å². The van der Waals surface area contributed by atoms with Crippen LogP contribution in [0.15, 0.2) is 41.7 Å². The SMILES string of the molecule is CN1CCC(Nc2c(C(=O)C3CC3)cnc3ccc(-c4cc(F)c(N=O)c(F)c4)cc23)CC1. The molecule has 0 bridgehead atoms. The van der Waals surface area contributed by atoms with Crippen molar-refractivity contribution in [2.45, 2.75) is 31.7 Å². The van der Waals surface area contributed by atoms with Crippen LogP contribution in [0.25, 0.3) is 22.0 Å². The zero-order valence-electron chi connectivity index (χ0n) is 18.3. The summed E-state index contributed by atoms with van der Waals surface area (Å²) in [4.78, 5) is 30.5. The quantitative estimate of drug-likeness (QED) is 0.387. The van der Waals surface area contributed by atoms with Crippen LogP contribution in [-0.4, -0.2) is 41.8 Å².